The molecule has 1 unspecified atom stereocenters. The van der Waals surface area contributed by atoms with E-state index in [1.165, 1.54) is 63.5 Å². The van der Waals surface area contributed by atoms with Crippen LogP contribution >= 0.6 is 0 Å². The molecule has 2 aromatic rings. The molecule has 0 fully saturated rings. The summed E-state index contributed by atoms with van der Waals surface area (Å²) in [6.07, 6.45) is 8.60. The van der Waals surface area contributed by atoms with Gasteiger partial charge in [0.2, 0.25) is 5.75 Å². The van der Waals surface area contributed by atoms with Crippen LogP contribution in [0.1, 0.15) is 97.0 Å². The van der Waals surface area contributed by atoms with E-state index < -0.39 is 29.6 Å². The minimum Gasteiger partial charge on any atom is -0.399 e. The monoisotopic (exact) mass is 530 g/mol. The highest BCUT2D eigenvalue weighted by Crippen LogP contribution is 2.34. The summed E-state index contributed by atoms with van der Waals surface area (Å²) in [7, 11) is 0. The first-order chi connectivity index (χ1) is 17.6. The summed E-state index contributed by atoms with van der Waals surface area (Å²) in [6, 6.07) is 5.73. The molecular weight excluding hydrogens is 490 g/mol. The third-order valence-corrected chi connectivity index (χ3v) is 6.95. The summed E-state index contributed by atoms with van der Waals surface area (Å²) < 4.78 is 83.4. The first-order valence-corrected chi connectivity index (χ1v) is 13.6. The second-order valence-corrected chi connectivity index (χ2v) is 10.1. The van der Waals surface area contributed by atoms with Crippen LogP contribution in [0.4, 0.5) is 26.3 Å². The van der Waals surface area contributed by atoms with E-state index in [1.807, 2.05) is 0 Å². The first kappa shape index (κ1) is 31.0. The Hall–Kier alpha value is -2.18. The van der Waals surface area contributed by atoms with Gasteiger partial charge in [-0.25, -0.2) is 13.2 Å². The maximum absolute atomic E-state index is 14.8. The van der Waals surface area contributed by atoms with Crippen LogP contribution in [0.2, 0.25) is 0 Å². The Balaban J connectivity index is 1.96. The standard InChI is InChI=1S/C30H40F6O/c1-4-9-21(10-5-2)12-7-13-22(11-6-3)14-8-15-23-16-17-25(26(31)18-23)24-19-27(32)29(28(33)20-24)37-30(34,35)36/h16-22H,4-15H2,1-3H3. The molecule has 0 N–H and O–H groups in total. The third-order valence-electron chi connectivity index (χ3n) is 6.95. The van der Waals surface area contributed by atoms with Gasteiger partial charge < -0.3 is 4.74 Å². The molecule has 0 aliphatic rings. The van der Waals surface area contributed by atoms with Crippen LogP contribution in [-0.2, 0) is 6.42 Å². The predicted octanol–water partition coefficient (Wildman–Crippen LogP) is 10.8. The summed E-state index contributed by atoms with van der Waals surface area (Å²) in [5, 5.41) is 0. The van der Waals surface area contributed by atoms with Crippen molar-refractivity contribution in [2.24, 2.45) is 11.8 Å². The van der Waals surface area contributed by atoms with E-state index >= 15 is 0 Å². The molecule has 1 atom stereocenters. The number of benzene rings is 2. The molecule has 0 bridgehead atoms. The van der Waals surface area contributed by atoms with Crippen molar-refractivity contribution in [2.75, 3.05) is 0 Å². The van der Waals surface area contributed by atoms with Crippen LogP contribution in [0.25, 0.3) is 11.1 Å². The molecule has 0 amide bonds. The van der Waals surface area contributed by atoms with Crippen molar-refractivity contribution in [3.05, 3.63) is 53.3 Å². The highest BCUT2D eigenvalue weighted by Gasteiger charge is 2.34. The number of rotatable bonds is 16. The molecule has 0 spiro atoms. The molecule has 0 aliphatic carbocycles. The quantitative estimate of drug-likeness (QED) is 0.196. The second-order valence-electron chi connectivity index (χ2n) is 10.1. The molecule has 1 nitrogen and oxygen atoms in total. The van der Waals surface area contributed by atoms with Crippen molar-refractivity contribution < 1.29 is 31.1 Å². The van der Waals surface area contributed by atoms with E-state index in [0.717, 1.165) is 30.7 Å². The Bertz CT molecular complexity index is 927. The van der Waals surface area contributed by atoms with Crippen LogP contribution < -0.4 is 4.74 Å². The number of aryl methyl sites for hydroxylation is 1. The number of hydrogen-bond acceptors (Lipinski definition) is 1. The normalized spacial score (nSPS) is 12.8. The molecular formula is C30H40F6O. The molecule has 2 aromatic carbocycles. The lowest BCUT2D eigenvalue weighted by molar-refractivity contribution is -0.276. The zero-order chi connectivity index (χ0) is 27.4. The number of halogens is 6. The van der Waals surface area contributed by atoms with Crippen molar-refractivity contribution in [2.45, 2.75) is 104 Å². The molecule has 208 valence electrons. The zero-order valence-electron chi connectivity index (χ0n) is 22.2. The van der Waals surface area contributed by atoms with Crippen LogP contribution in [0, 0.1) is 29.3 Å². The Morgan fingerprint density at radius 2 is 1.19 bits per heavy atom. The van der Waals surface area contributed by atoms with Gasteiger partial charge in [0.05, 0.1) is 0 Å². The van der Waals surface area contributed by atoms with Crippen molar-refractivity contribution in [3.8, 4) is 16.9 Å². The van der Waals surface area contributed by atoms with E-state index in [9.17, 15) is 26.3 Å². The minimum absolute atomic E-state index is 0.0855. The Morgan fingerprint density at radius 1 is 0.676 bits per heavy atom. The van der Waals surface area contributed by atoms with Gasteiger partial charge in [-0.15, -0.1) is 13.2 Å². The lowest BCUT2D eigenvalue weighted by atomic mass is 9.87. The van der Waals surface area contributed by atoms with Crippen LogP contribution in [0.5, 0.6) is 5.75 Å². The van der Waals surface area contributed by atoms with Crippen molar-refractivity contribution in [1.82, 2.24) is 0 Å². The van der Waals surface area contributed by atoms with Gasteiger partial charge in [-0.2, -0.15) is 0 Å². The van der Waals surface area contributed by atoms with E-state index in [0.29, 0.717) is 24.5 Å². The summed E-state index contributed by atoms with van der Waals surface area (Å²) >= 11 is 0. The van der Waals surface area contributed by atoms with Gasteiger partial charge in [-0.05, 0) is 54.0 Å². The van der Waals surface area contributed by atoms with Gasteiger partial charge in [0, 0.05) is 5.56 Å². The Kier molecular flexibility index (Phi) is 12.8. The average molecular weight is 531 g/mol. The third kappa shape index (κ3) is 10.6. The first-order valence-electron chi connectivity index (χ1n) is 13.6. The largest absolute Gasteiger partial charge is 0.573 e. The van der Waals surface area contributed by atoms with E-state index in [4.69, 9.17) is 0 Å². The molecule has 0 saturated carbocycles. The average Bonchev–Trinajstić information content (AvgIpc) is 2.81. The number of hydrogen-bond donors (Lipinski definition) is 0. The highest BCUT2D eigenvalue weighted by atomic mass is 19.4. The molecule has 7 heteroatoms. The van der Waals surface area contributed by atoms with E-state index in [1.54, 1.807) is 6.07 Å². The minimum atomic E-state index is -5.24. The molecule has 0 heterocycles. The SMILES string of the molecule is CCCC(CCC)CCCC(CCC)CCCc1ccc(-c2cc(F)c(OC(F)(F)F)c(F)c2)c(F)c1. The fourth-order valence-corrected chi connectivity index (χ4v) is 5.26. The maximum atomic E-state index is 14.8. The van der Waals surface area contributed by atoms with Crippen LogP contribution in [0.15, 0.2) is 30.3 Å². The molecule has 0 radical (unpaired) electrons. The Labute approximate surface area is 217 Å². The lowest BCUT2D eigenvalue weighted by Gasteiger charge is -2.19. The van der Waals surface area contributed by atoms with Crippen molar-refractivity contribution in [1.29, 1.82) is 0 Å². The molecule has 0 saturated heterocycles. The molecule has 0 aromatic heterocycles. The van der Waals surface area contributed by atoms with E-state index in [-0.39, 0.29) is 11.1 Å². The Morgan fingerprint density at radius 3 is 1.68 bits per heavy atom. The second kappa shape index (κ2) is 15.3. The van der Waals surface area contributed by atoms with Crippen LogP contribution in [-0.4, -0.2) is 6.36 Å². The van der Waals surface area contributed by atoms with Crippen LogP contribution in [0.3, 0.4) is 0 Å². The fourth-order valence-electron chi connectivity index (χ4n) is 5.26. The van der Waals surface area contributed by atoms with E-state index in [2.05, 4.69) is 25.5 Å². The smallest absolute Gasteiger partial charge is 0.399 e. The molecule has 2 rings (SSSR count). The highest BCUT2D eigenvalue weighted by molar-refractivity contribution is 5.65. The van der Waals surface area contributed by atoms with Gasteiger partial charge in [0.15, 0.2) is 11.6 Å². The van der Waals surface area contributed by atoms with Crippen molar-refractivity contribution >= 4 is 0 Å². The van der Waals surface area contributed by atoms with Crippen molar-refractivity contribution in [3.63, 3.8) is 0 Å². The summed E-state index contributed by atoms with van der Waals surface area (Å²) in [5.41, 5.74) is 0.499. The molecule has 0 aliphatic heterocycles. The number of ether oxygens (including phenoxy) is 1. The predicted molar refractivity (Wildman–Crippen MR) is 137 cm³/mol. The molecule has 37 heavy (non-hydrogen) atoms. The summed E-state index contributed by atoms with van der Waals surface area (Å²) in [6.45, 7) is 6.70. The maximum Gasteiger partial charge on any atom is 0.573 e. The van der Waals surface area contributed by atoms with Gasteiger partial charge >= 0.3 is 6.36 Å². The topological polar surface area (TPSA) is 9.23 Å². The van der Waals surface area contributed by atoms with Gasteiger partial charge in [-0.3, -0.25) is 0 Å². The summed E-state index contributed by atoms with van der Waals surface area (Å²) in [5.74, 6) is -3.85. The van der Waals surface area contributed by atoms with Gasteiger partial charge in [0.1, 0.15) is 5.82 Å². The summed E-state index contributed by atoms with van der Waals surface area (Å²) in [4.78, 5) is 0. The van der Waals surface area contributed by atoms with Gasteiger partial charge in [0.25, 0.3) is 0 Å². The fraction of sp³-hybridized carbons (Fsp3) is 0.600. The van der Waals surface area contributed by atoms with Gasteiger partial charge in [-0.1, -0.05) is 97.1 Å². The zero-order valence-corrected chi connectivity index (χ0v) is 22.2. The lowest BCUT2D eigenvalue weighted by Crippen LogP contribution is -2.19. The number of alkyl halides is 3.